The molecule has 1 aliphatic carbocycles. The average Bonchev–Trinajstić information content (AvgIpc) is 3.15. The lowest BCUT2D eigenvalue weighted by Gasteiger charge is -2.30. The Morgan fingerprint density at radius 2 is 2.04 bits per heavy atom. The monoisotopic (exact) mass is 344 g/mol. The largest absolute Gasteiger partial charge is 0.465 e. The van der Waals surface area contributed by atoms with Crippen LogP contribution in [0.3, 0.4) is 0 Å². The maximum absolute atomic E-state index is 11.6. The second-order valence-electron chi connectivity index (χ2n) is 6.33. The molecule has 5 heteroatoms. The molecular formula is C19H24N2O2S. The third kappa shape index (κ3) is 4.41. The third-order valence-electron chi connectivity index (χ3n) is 4.69. The molecule has 1 unspecified atom stereocenters. The molecule has 2 aromatic rings. The van der Waals surface area contributed by atoms with Gasteiger partial charge in [-0.1, -0.05) is 19.3 Å². The number of aromatic nitrogens is 2. The van der Waals surface area contributed by atoms with Crippen LogP contribution in [-0.2, 0) is 11.3 Å². The van der Waals surface area contributed by atoms with Crippen molar-refractivity contribution < 1.29 is 9.53 Å². The van der Waals surface area contributed by atoms with E-state index in [4.69, 9.17) is 4.74 Å². The number of thioether (sulfide) groups is 1. The van der Waals surface area contributed by atoms with E-state index < -0.39 is 0 Å². The molecule has 1 atom stereocenters. The van der Waals surface area contributed by atoms with Crippen LogP contribution >= 0.6 is 11.8 Å². The van der Waals surface area contributed by atoms with Crippen LogP contribution in [0.15, 0.2) is 47.9 Å². The zero-order valence-electron chi connectivity index (χ0n) is 14.1. The Morgan fingerprint density at radius 1 is 1.29 bits per heavy atom. The highest BCUT2D eigenvalue weighted by Crippen LogP contribution is 2.37. The molecule has 1 fully saturated rings. The number of carbonyl (C=O) groups is 1. The lowest BCUT2D eigenvalue weighted by Crippen LogP contribution is -2.24. The van der Waals surface area contributed by atoms with Crippen LogP contribution in [0.5, 0.6) is 0 Å². The number of hydrogen-bond donors (Lipinski definition) is 0. The topological polar surface area (TPSA) is 44.1 Å². The van der Waals surface area contributed by atoms with Gasteiger partial charge >= 0.3 is 5.97 Å². The Labute approximate surface area is 147 Å². The molecule has 0 saturated heterocycles. The molecule has 0 bridgehead atoms. The van der Waals surface area contributed by atoms with Crippen LogP contribution < -0.4 is 0 Å². The van der Waals surface area contributed by atoms with Gasteiger partial charge in [-0.05, 0) is 43.0 Å². The first-order valence-corrected chi connectivity index (χ1v) is 9.45. The van der Waals surface area contributed by atoms with E-state index in [0.717, 1.165) is 12.5 Å². The van der Waals surface area contributed by atoms with Crippen molar-refractivity contribution in [2.24, 2.45) is 5.92 Å². The van der Waals surface area contributed by atoms with E-state index in [1.165, 1.54) is 44.1 Å². The summed E-state index contributed by atoms with van der Waals surface area (Å²) in [5.74, 6) is 0.459. The minimum absolute atomic E-state index is 0.284. The lowest BCUT2D eigenvalue weighted by atomic mass is 9.86. The number of nitrogens with zero attached hydrogens (tertiary/aromatic N) is 2. The van der Waals surface area contributed by atoms with Gasteiger partial charge in [0.15, 0.2) is 0 Å². The van der Waals surface area contributed by atoms with Crippen molar-refractivity contribution in [2.75, 3.05) is 7.11 Å². The summed E-state index contributed by atoms with van der Waals surface area (Å²) >= 11 is 1.92. The van der Waals surface area contributed by atoms with Crippen LogP contribution in [0, 0.1) is 5.92 Å². The number of benzene rings is 1. The van der Waals surface area contributed by atoms with Crippen molar-refractivity contribution in [2.45, 2.75) is 48.8 Å². The predicted octanol–water partition coefficient (Wildman–Crippen LogP) is 4.41. The summed E-state index contributed by atoms with van der Waals surface area (Å²) in [5.41, 5.74) is 0.602. The smallest absolute Gasteiger partial charge is 0.337 e. The highest BCUT2D eigenvalue weighted by atomic mass is 32.2. The lowest BCUT2D eigenvalue weighted by molar-refractivity contribution is 0.0600. The molecule has 1 aromatic carbocycles. The Balaban J connectivity index is 1.71. The van der Waals surface area contributed by atoms with Gasteiger partial charge in [-0.15, -0.1) is 11.8 Å². The molecule has 128 valence electrons. The van der Waals surface area contributed by atoms with Crippen molar-refractivity contribution in [3.63, 3.8) is 0 Å². The molecule has 0 spiro atoms. The fourth-order valence-corrected chi connectivity index (χ4v) is 4.71. The van der Waals surface area contributed by atoms with E-state index in [1.54, 1.807) is 0 Å². The number of rotatable bonds is 6. The van der Waals surface area contributed by atoms with E-state index in [0.29, 0.717) is 10.8 Å². The Hall–Kier alpha value is -1.75. The molecule has 1 aromatic heterocycles. The summed E-state index contributed by atoms with van der Waals surface area (Å²) in [4.78, 5) is 16.9. The van der Waals surface area contributed by atoms with Crippen LogP contribution in [0.25, 0.3) is 0 Å². The third-order valence-corrected chi connectivity index (χ3v) is 6.07. The van der Waals surface area contributed by atoms with Crippen LogP contribution in [-0.4, -0.2) is 27.9 Å². The summed E-state index contributed by atoms with van der Waals surface area (Å²) in [5, 5.41) is 0.531. The van der Waals surface area contributed by atoms with E-state index in [-0.39, 0.29) is 5.97 Å². The minimum Gasteiger partial charge on any atom is -0.465 e. The summed E-state index contributed by atoms with van der Waals surface area (Å²) in [6.07, 6.45) is 12.5. The fraction of sp³-hybridized carbons (Fsp3) is 0.474. The molecule has 1 heterocycles. The maximum Gasteiger partial charge on any atom is 0.337 e. The SMILES string of the molecule is COC(=O)c1ccc(SC(Cn2ccnc2)C2CCCCC2)cc1. The van der Waals surface area contributed by atoms with Crippen molar-refractivity contribution in [1.82, 2.24) is 9.55 Å². The summed E-state index contributed by atoms with van der Waals surface area (Å²) in [6.45, 7) is 0.980. The highest BCUT2D eigenvalue weighted by Gasteiger charge is 2.25. The average molecular weight is 344 g/mol. The summed E-state index contributed by atoms with van der Waals surface area (Å²) in [7, 11) is 1.41. The zero-order chi connectivity index (χ0) is 16.8. The normalized spacial score (nSPS) is 16.7. The molecule has 24 heavy (non-hydrogen) atoms. The summed E-state index contributed by atoms with van der Waals surface area (Å²) in [6, 6.07) is 7.76. The number of ether oxygens (including phenoxy) is 1. The number of esters is 1. The van der Waals surface area contributed by atoms with E-state index in [1.807, 2.05) is 54.7 Å². The van der Waals surface area contributed by atoms with Gasteiger partial charge in [-0.3, -0.25) is 0 Å². The number of methoxy groups -OCH3 is 1. The second kappa shape index (κ2) is 8.38. The maximum atomic E-state index is 11.6. The van der Waals surface area contributed by atoms with E-state index in [2.05, 4.69) is 9.55 Å². The number of carbonyl (C=O) groups excluding carboxylic acids is 1. The van der Waals surface area contributed by atoms with Crippen LogP contribution in [0.4, 0.5) is 0 Å². The Morgan fingerprint density at radius 3 is 2.67 bits per heavy atom. The fourth-order valence-electron chi connectivity index (χ4n) is 3.35. The van der Waals surface area contributed by atoms with Crippen molar-refractivity contribution in [3.05, 3.63) is 48.5 Å². The van der Waals surface area contributed by atoms with Crippen molar-refractivity contribution >= 4 is 17.7 Å². The molecule has 3 rings (SSSR count). The quantitative estimate of drug-likeness (QED) is 0.575. The zero-order valence-corrected chi connectivity index (χ0v) is 14.9. The first-order valence-electron chi connectivity index (χ1n) is 8.57. The highest BCUT2D eigenvalue weighted by molar-refractivity contribution is 8.00. The van der Waals surface area contributed by atoms with E-state index in [9.17, 15) is 4.79 Å². The van der Waals surface area contributed by atoms with Crippen LogP contribution in [0.1, 0.15) is 42.5 Å². The standard InChI is InChI=1S/C19H24N2O2S/c1-23-19(22)16-7-9-17(10-8-16)24-18(13-21-12-11-20-14-21)15-5-3-2-4-6-15/h7-12,14-15,18H,2-6,13H2,1H3. The van der Waals surface area contributed by atoms with Gasteiger partial charge in [-0.25, -0.2) is 9.78 Å². The molecule has 0 radical (unpaired) electrons. The van der Waals surface area contributed by atoms with Gasteiger partial charge in [0.1, 0.15) is 0 Å². The van der Waals surface area contributed by atoms with Gasteiger partial charge in [0, 0.05) is 29.1 Å². The van der Waals surface area contributed by atoms with Crippen molar-refractivity contribution in [1.29, 1.82) is 0 Å². The Bertz CT molecular complexity index is 634. The van der Waals surface area contributed by atoms with Gasteiger partial charge in [0.2, 0.25) is 0 Å². The summed E-state index contributed by atoms with van der Waals surface area (Å²) < 4.78 is 6.94. The van der Waals surface area contributed by atoms with Gasteiger partial charge < -0.3 is 9.30 Å². The molecular weight excluding hydrogens is 320 g/mol. The molecule has 0 aliphatic heterocycles. The van der Waals surface area contributed by atoms with Gasteiger partial charge in [0.25, 0.3) is 0 Å². The molecule has 0 amide bonds. The minimum atomic E-state index is -0.284. The molecule has 0 N–H and O–H groups in total. The van der Waals surface area contributed by atoms with Gasteiger partial charge in [0.05, 0.1) is 19.0 Å². The van der Waals surface area contributed by atoms with Crippen LogP contribution in [0.2, 0.25) is 0 Å². The van der Waals surface area contributed by atoms with Crippen molar-refractivity contribution in [3.8, 4) is 0 Å². The number of imidazole rings is 1. The molecule has 1 saturated carbocycles. The first-order chi connectivity index (χ1) is 11.8. The molecule has 1 aliphatic rings. The first kappa shape index (κ1) is 17.1. The van der Waals surface area contributed by atoms with Gasteiger partial charge in [-0.2, -0.15) is 0 Å². The number of hydrogen-bond acceptors (Lipinski definition) is 4. The predicted molar refractivity (Wildman–Crippen MR) is 96.2 cm³/mol. The van der Waals surface area contributed by atoms with E-state index >= 15 is 0 Å². The Kier molecular flexibility index (Phi) is 5.96. The molecule has 4 nitrogen and oxygen atoms in total. The second-order valence-corrected chi connectivity index (χ2v) is 7.64.